The van der Waals surface area contributed by atoms with Gasteiger partial charge >= 0.3 is 0 Å². The third kappa shape index (κ3) is 4.39. The number of nitrogens with two attached hydrogens (primary N) is 1. The lowest BCUT2D eigenvalue weighted by atomic mass is 9.84. The molecule has 2 unspecified atom stereocenters. The zero-order chi connectivity index (χ0) is 20.1. The normalized spacial score (nSPS) is 24.7. The van der Waals surface area contributed by atoms with Crippen LogP contribution in [0.4, 0.5) is 4.39 Å². The molecule has 0 radical (unpaired) electrons. The second-order valence-electron chi connectivity index (χ2n) is 7.63. The van der Waals surface area contributed by atoms with E-state index < -0.39 is 0 Å². The second kappa shape index (κ2) is 9.53. The lowest BCUT2D eigenvalue weighted by Gasteiger charge is -2.43. The summed E-state index contributed by atoms with van der Waals surface area (Å²) in [4.78, 5) is 2.46. The Bertz CT molecular complexity index is 759. The molecule has 0 saturated carbocycles. The van der Waals surface area contributed by atoms with E-state index in [2.05, 4.69) is 23.1 Å². The first-order valence-electron chi connectivity index (χ1n) is 10.6. The summed E-state index contributed by atoms with van der Waals surface area (Å²) in [7, 11) is 0. The Morgan fingerprint density at radius 1 is 1.07 bits per heavy atom. The van der Waals surface area contributed by atoms with E-state index in [1.807, 2.05) is 32.9 Å². The van der Waals surface area contributed by atoms with Crippen molar-refractivity contribution in [2.75, 3.05) is 13.1 Å². The number of aryl methyl sites for hydroxylation is 2. The quantitative estimate of drug-likeness (QED) is 0.808. The predicted molar refractivity (Wildman–Crippen MR) is 113 cm³/mol. The van der Waals surface area contributed by atoms with Crippen LogP contribution in [0.1, 0.15) is 55.9 Å². The van der Waals surface area contributed by atoms with E-state index in [0.717, 1.165) is 44.3 Å². The summed E-state index contributed by atoms with van der Waals surface area (Å²) in [6, 6.07) is 14.0. The van der Waals surface area contributed by atoms with Crippen molar-refractivity contribution in [2.45, 2.75) is 64.6 Å². The fourth-order valence-electron chi connectivity index (χ4n) is 4.45. The van der Waals surface area contributed by atoms with Crippen LogP contribution < -0.4 is 10.5 Å². The van der Waals surface area contributed by atoms with Crippen LogP contribution in [0, 0.1) is 12.7 Å². The molecule has 3 atom stereocenters. The topological polar surface area (TPSA) is 38.5 Å². The number of nitrogens with zero attached hydrogens (tertiary/aromatic N) is 1. The molecular weight excluding hydrogens is 351 g/mol. The van der Waals surface area contributed by atoms with Crippen LogP contribution in [-0.4, -0.2) is 30.1 Å². The minimum absolute atomic E-state index is 0.166. The molecule has 1 saturated heterocycles. The van der Waals surface area contributed by atoms with Crippen LogP contribution in [0.5, 0.6) is 5.75 Å². The second-order valence-corrected chi connectivity index (χ2v) is 7.63. The van der Waals surface area contributed by atoms with Gasteiger partial charge in [0.25, 0.3) is 0 Å². The van der Waals surface area contributed by atoms with Gasteiger partial charge in [-0.05, 0) is 61.9 Å². The van der Waals surface area contributed by atoms with Gasteiger partial charge in [-0.2, -0.15) is 0 Å². The lowest BCUT2D eigenvalue weighted by Crippen LogP contribution is -2.51. The van der Waals surface area contributed by atoms with Crippen LogP contribution in [-0.2, 0) is 6.42 Å². The molecule has 3 nitrogen and oxygen atoms in total. The van der Waals surface area contributed by atoms with Crippen LogP contribution in [0.2, 0.25) is 0 Å². The smallest absolute Gasteiger partial charge is 0.165 e. The van der Waals surface area contributed by atoms with Gasteiger partial charge in [-0.15, -0.1) is 0 Å². The summed E-state index contributed by atoms with van der Waals surface area (Å²) >= 11 is 0. The summed E-state index contributed by atoms with van der Waals surface area (Å²) in [5.41, 5.74) is 9.56. The van der Waals surface area contributed by atoms with Crippen molar-refractivity contribution >= 4 is 0 Å². The molecule has 0 bridgehead atoms. The molecule has 1 aliphatic heterocycles. The highest BCUT2D eigenvalue weighted by Gasteiger charge is 2.37. The number of benzene rings is 2. The molecule has 4 rings (SSSR count). The van der Waals surface area contributed by atoms with Crippen LogP contribution in [0.25, 0.3) is 0 Å². The van der Waals surface area contributed by atoms with Gasteiger partial charge in [-0.3, -0.25) is 4.90 Å². The van der Waals surface area contributed by atoms with Gasteiger partial charge in [0.1, 0.15) is 6.10 Å². The number of likely N-dealkylation sites (tertiary alicyclic amines) is 1. The fraction of sp³-hybridized carbons (Fsp3) is 0.500. The Labute approximate surface area is 168 Å². The molecule has 4 heteroatoms. The van der Waals surface area contributed by atoms with E-state index in [0.29, 0.717) is 5.75 Å². The minimum Gasteiger partial charge on any atom is -0.481 e. The number of halogens is 1. The number of hydrogen-bond acceptors (Lipinski definition) is 3. The number of fused-ring (bicyclic) bond motifs is 1. The van der Waals surface area contributed by atoms with Crippen molar-refractivity contribution in [3.8, 4) is 5.75 Å². The molecule has 0 aromatic heterocycles. The number of ether oxygens (including phenoxy) is 1. The number of hydrogen-bond donors (Lipinski definition) is 1. The Balaban J connectivity index is 0.00000109. The summed E-state index contributed by atoms with van der Waals surface area (Å²) in [5.74, 6) is 0.0858. The van der Waals surface area contributed by atoms with E-state index >= 15 is 0 Å². The Hall–Kier alpha value is -1.91. The molecular formula is C24H33FN2O. The molecule has 28 heavy (non-hydrogen) atoms. The average Bonchev–Trinajstić information content (AvgIpc) is 2.72. The highest BCUT2D eigenvalue weighted by atomic mass is 19.1. The first kappa shape index (κ1) is 20.8. The first-order chi connectivity index (χ1) is 13.6. The molecule has 1 fully saturated rings. The van der Waals surface area contributed by atoms with Gasteiger partial charge in [0.2, 0.25) is 0 Å². The molecule has 2 aromatic carbocycles. The standard InChI is InChI=1S/C22H27FN2O.C2H6/c1-15-6-4-10-19(23)21(15)26-22-18-9-3-2-7-16(18)11-12-20(22)25-13-5-8-17(24)14-25;1-2/h2-4,6-7,9-10,17,20,22H,5,8,11-14,24H2,1H3;1-2H3/t17?,20?,22-;/m0./s1. The maximum atomic E-state index is 14.5. The van der Waals surface area contributed by atoms with Gasteiger partial charge in [0.05, 0.1) is 6.04 Å². The van der Waals surface area contributed by atoms with E-state index in [1.54, 1.807) is 6.07 Å². The van der Waals surface area contributed by atoms with Crippen LogP contribution in [0.15, 0.2) is 42.5 Å². The molecule has 152 valence electrons. The van der Waals surface area contributed by atoms with Crippen molar-refractivity contribution in [3.05, 3.63) is 65.0 Å². The van der Waals surface area contributed by atoms with Crippen molar-refractivity contribution in [3.63, 3.8) is 0 Å². The molecule has 2 N–H and O–H groups in total. The van der Waals surface area contributed by atoms with Crippen molar-refractivity contribution in [1.82, 2.24) is 4.90 Å². The van der Waals surface area contributed by atoms with E-state index in [1.165, 1.54) is 17.2 Å². The zero-order valence-corrected chi connectivity index (χ0v) is 17.3. The third-order valence-electron chi connectivity index (χ3n) is 5.79. The monoisotopic (exact) mass is 384 g/mol. The summed E-state index contributed by atoms with van der Waals surface area (Å²) in [5, 5.41) is 0. The summed E-state index contributed by atoms with van der Waals surface area (Å²) in [6.45, 7) is 7.83. The Morgan fingerprint density at radius 3 is 2.61 bits per heavy atom. The van der Waals surface area contributed by atoms with E-state index in [-0.39, 0.29) is 24.0 Å². The molecule has 2 aliphatic rings. The highest BCUT2D eigenvalue weighted by Crippen LogP contribution is 2.38. The van der Waals surface area contributed by atoms with E-state index in [4.69, 9.17) is 10.5 Å². The zero-order valence-electron chi connectivity index (χ0n) is 17.3. The molecule has 0 amide bonds. The predicted octanol–water partition coefficient (Wildman–Crippen LogP) is 5.02. The summed E-state index contributed by atoms with van der Waals surface area (Å²) < 4.78 is 20.8. The van der Waals surface area contributed by atoms with Crippen molar-refractivity contribution < 1.29 is 9.13 Å². The molecule has 1 aliphatic carbocycles. The van der Waals surface area contributed by atoms with Crippen molar-refractivity contribution in [2.24, 2.45) is 5.73 Å². The Kier molecular flexibility index (Phi) is 7.08. The SMILES string of the molecule is CC.Cc1cccc(F)c1O[C@H]1c2ccccc2CCC1N1CCCC(N)C1. The van der Waals surface area contributed by atoms with Crippen molar-refractivity contribution in [1.29, 1.82) is 0 Å². The average molecular weight is 385 g/mol. The van der Waals surface area contributed by atoms with Crippen LogP contribution in [0.3, 0.4) is 0 Å². The Morgan fingerprint density at radius 2 is 1.86 bits per heavy atom. The van der Waals surface area contributed by atoms with Crippen LogP contribution >= 0.6 is 0 Å². The largest absolute Gasteiger partial charge is 0.481 e. The number of rotatable bonds is 3. The molecule has 1 heterocycles. The maximum absolute atomic E-state index is 14.5. The van der Waals surface area contributed by atoms with E-state index in [9.17, 15) is 4.39 Å². The molecule has 0 spiro atoms. The molecule has 2 aromatic rings. The summed E-state index contributed by atoms with van der Waals surface area (Å²) in [6.07, 6.45) is 4.08. The first-order valence-corrected chi connectivity index (χ1v) is 10.6. The third-order valence-corrected chi connectivity index (χ3v) is 5.79. The van der Waals surface area contributed by atoms with Gasteiger partial charge in [-0.25, -0.2) is 4.39 Å². The lowest BCUT2D eigenvalue weighted by molar-refractivity contribution is 0.0343. The van der Waals surface area contributed by atoms with Gasteiger partial charge in [-0.1, -0.05) is 50.2 Å². The highest BCUT2D eigenvalue weighted by molar-refractivity contribution is 5.38. The maximum Gasteiger partial charge on any atom is 0.165 e. The van der Waals surface area contributed by atoms with Gasteiger partial charge < -0.3 is 10.5 Å². The van der Waals surface area contributed by atoms with Gasteiger partial charge in [0.15, 0.2) is 11.6 Å². The van der Waals surface area contributed by atoms with Gasteiger partial charge in [0, 0.05) is 12.6 Å². The minimum atomic E-state index is -0.290. The fourth-order valence-corrected chi connectivity index (χ4v) is 4.45. The number of para-hydroxylation sites is 1. The number of piperidine rings is 1.